The lowest BCUT2D eigenvalue weighted by atomic mass is 9.91. The molecule has 0 aromatic heterocycles. The van der Waals surface area contributed by atoms with Crippen LogP contribution in [0.25, 0.3) is 0 Å². The number of methoxy groups -OCH3 is 1. The quantitative estimate of drug-likeness (QED) is 0.573. The van der Waals surface area contributed by atoms with Crippen LogP contribution in [-0.4, -0.2) is 19.5 Å². The van der Waals surface area contributed by atoms with Gasteiger partial charge in [0, 0.05) is 5.56 Å². The third-order valence-corrected chi connectivity index (χ3v) is 2.90. The molecule has 0 saturated carbocycles. The van der Waals surface area contributed by atoms with Gasteiger partial charge >= 0.3 is 0 Å². The van der Waals surface area contributed by atoms with Crippen molar-refractivity contribution in [1.29, 1.82) is 0 Å². The van der Waals surface area contributed by atoms with E-state index in [0.717, 1.165) is 12.8 Å². The Balaban J connectivity index is 2.61. The highest BCUT2D eigenvalue weighted by atomic mass is 16.5. The van der Waals surface area contributed by atoms with Gasteiger partial charge in [0.1, 0.15) is 0 Å². The molecule has 0 N–H and O–H groups in total. The minimum absolute atomic E-state index is 0.0255. The summed E-state index contributed by atoms with van der Waals surface area (Å²) in [4.78, 5) is 11.3. The highest BCUT2D eigenvalue weighted by Crippen LogP contribution is 2.29. The predicted octanol–water partition coefficient (Wildman–Crippen LogP) is 4.10. The molecule has 0 heterocycles. The van der Waals surface area contributed by atoms with Crippen molar-refractivity contribution in [2.75, 3.05) is 13.7 Å². The number of ketones is 1. The van der Waals surface area contributed by atoms with Gasteiger partial charge in [-0.15, -0.1) is 0 Å². The Bertz CT molecular complexity index is 430. The Labute approximate surface area is 115 Å². The van der Waals surface area contributed by atoms with Gasteiger partial charge in [0.15, 0.2) is 17.3 Å². The molecule has 0 spiro atoms. The Morgan fingerprint density at radius 1 is 1.21 bits per heavy atom. The van der Waals surface area contributed by atoms with Gasteiger partial charge in [0.05, 0.1) is 13.7 Å². The Kier molecular flexibility index (Phi) is 5.40. The molecule has 0 radical (unpaired) electrons. The Hall–Kier alpha value is -1.51. The van der Waals surface area contributed by atoms with Crippen molar-refractivity contribution in [1.82, 2.24) is 0 Å². The van der Waals surface area contributed by atoms with Gasteiger partial charge in [-0.25, -0.2) is 0 Å². The van der Waals surface area contributed by atoms with Crippen LogP contribution in [0.3, 0.4) is 0 Å². The standard InChI is InChI=1S/C16H24O3/c1-12(17)13-7-8-14(15(11-13)18-5)19-10-6-9-16(2,3)4/h7-8,11H,6,9-10H2,1-5H3. The second kappa shape index (κ2) is 6.60. The summed E-state index contributed by atoms with van der Waals surface area (Å²) in [5, 5.41) is 0. The number of carbonyl (C=O) groups excluding carboxylic acids is 1. The molecule has 106 valence electrons. The highest BCUT2D eigenvalue weighted by molar-refractivity contribution is 5.94. The van der Waals surface area contributed by atoms with Crippen molar-refractivity contribution >= 4 is 5.78 Å². The predicted molar refractivity (Wildman–Crippen MR) is 77.2 cm³/mol. The second-order valence-electron chi connectivity index (χ2n) is 5.93. The van der Waals surface area contributed by atoms with Crippen molar-refractivity contribution in [3.63, 3.8) is 0 Å². The summed E-state index contributed by atoms with van der Waals surface area (Å²) in [7, 11) is 1.58. The molecular formula is C16H24O3. The smallest absolute Gasteiger partial charge is 0.161 e. The van der Waals surface area contributed by atoms with E-state index in [1.54, 1.807) is 32.2 Å². The van der Waals surface area contributed by atoms with E-state index < -0.39 is 0 Å². The fourth-order valence-electron chi connectivity index (χ4n) is 1.79. The molecule has 0 aliphatic rings. The van der Waals surface area contributed by atoms with Gasteiger partial charge in [-0.3, -0.25) is 4.79 Å². The van der Waals surface area contributed by atoms with Crippen molar-refractivity contribution in [2.45, 2.75) is 40.5 Å². The Morgan fingerprint density at radius 2 is 1.89 bits per heavy atom. The number of Topliss-reactive ketones (excluding diaryl/α,β-unsaturated/α-hetero) is 1. The zero-order chi connectivity index (χ0) is 14.5. The number of hydrogen-bond acceptors (Lipinski definition) is 3. The van der Waals surface area contributed by atoms with Crippen LogP contribution in [0, 0.1) is 5.41 Å². The van der Waals surface area contributed by atoms with Crippen molar-refractivity contribution in [2.24, 2.45) is 5.41 Å². The van der Waals surface area contributed by atoms with Crippen molar-refractivity contribution < 1.29 is 14.3 Å². The first-order valence-corrected chi connectivity index (χ1v) is 6.65. The maximum atomic E-state index is 11.3. The molecule has 0 aliphatic carbocycles. The van der Waals surface area contributed by atoms with Gasteiger partial charge in [0.25, 0.3) is 0 Å². The minimum Gasteiger partial charge on any atom is -0.493 e. The van der Waals surface area contributed by atoms with Crippen molar-refractivity contribution in [3.05, 3.63) is 23.8 Å². The summed E-state index contributed by atoms with van der Waals surface area (Å²) in [5.74, 6) is 1.34. The maximum absolute atomic E-state index is 11.3. The van der Waals surface area contributed by atoms with Gasteiger partial charge in [0.2, 0.25) is 0 Å². The van der Waals surface area contributed by atoms with E-state index in [0.29, 0.717) is 29.1 Å². The highest BCUT2D eigenvalue weighted by Gasteiger charge is 2.11. The summed E-state index contributed by atoms with van der Waals surface area (Å²) >= 11 is 0. The third-order valence-electron chi connectivity index (χ3n) is 2.90. The van der Waals surface area contributed by atoms with Crippen LogP contribution in [-0.2, 0) is 0 Å². The van der Waals surface area contributed by atoms with Crippen LogP contribution < -0.4 is 9.47 Å². The van der Waals surface area contributed by atoms with Crippen LogP contribution in [0.15, 0.2) is 18.2 Å². The topological polar surface area (TPSA) is 35.5 Å². The number of hydrogen-bond donors (Lipinski definition) is 0. The molecule has 19 heavy (non-hydrogen) atoms. The summed E-state index contributed by atoms with van der Waals surface area (Å²) in [6, 6.07) is 5.29. The van der Waals surface area contributed by atoms with E-state index in [1.807, 2.05) is 0 Å². The van der Waals surface area contributed by atoms with Crippen LogP contribution in [0.1, 0.15) is 50.9 Å². The molecule has 3 nitrogen and oxygen atoms in total. The fourth-order valence-corrected chi connectivity index (χ4v) is 1.79. The molecule has 0 bridgehead atoms. The first kappa shape index (κ1) is 15.5. The van der Waals surface area contributed by atoms with Crippen LogP contribution in [0.5, 0.6) is 11.5 Å². The summed E-state index contributed by atoms with van der Waals surface area (Å²) in [6.45, 7) is 8.85. The first-order valence-electron chi connectivity index (χ1n) is 6.65. The van der Waals surface area contributed by atoms with E-state index in [-0.39, 0.29) is 5.78 Å². The molecular weight excluding hydrogens is 240 g/mol. The molecule has 1 aromatic carbocycles. The fraction of sp³-hybridized carbons (Fsp3) is 0.562. The van der Waals surface area contributed by atoms with E-state index in [1.165, 1.54) is 0 Å². The summed E-state index contributed by atoms with van der Waals surface area (Å²) in [5.41, 5.74) is 0.963. The van der Waals surface area contributed by atoms with Gasteiger partial charge in [-0.1, -0.05) is 20.8 Å². The second-order valence-corrected chi connectivity index (χ2v) is 5.93. The Morgan fingerprint density at radius 3 is 2.42 bits per heavy atom. The van der Waals surface area contributed by atoms with Gasteiger partial charge in [-0.2, -0.15) is 0 Å². The lowest BCUT2D eigenvalue weighted by Gasteiger charge is -2.18. The monoisotopic (exact) mass is 264 g/mol. The minimum atomic E-state index is 0.0255. The maximum Gasteiger partial charge on any atom is 0.161 e. The third kappa shape index (κ3) is 5.33. The number of benzene rings is 1. The average molecular weight is 264 g/mol. The zero-order valence-electron chi connectivity index (χ0n) is 12.6. The SMILES string of the molecule is COc1cc(C(C)=O)ccc1OCCCC(C)(C)C. The molecule has 0 aliphatic heterocycles. The number of ether oxygens (including phenoxy) is 2. The van der Waals surface area contributed by atoms with E-state index in [9.17, 15) is 4.79 Å². The van der Waals surface area contributed by atoms with Gasteiger partial charge in [-0.05, 0) is 43.4 Å². The normalized spacial score (nSPS) is 11.2. The van der Waals surface area contributed by atoms with Crippen molar-refractivity contribution in [3.8, 4) is 11.5 Å². The van der Waals surface area contributed by atoms with E-state index >= 15 is 0 Å². The number of rotatable bonds is 6. The molecule has 0 fully saturated rings. The molecule has 0 amide bonds. The molecule has 1 aromatic rings. The molecule has 0 unspecified atom stereocenters. The molecule has 3 heteroatoms. The largest absolute Gasteiger partial charge is 0.493 e. The first-order chi connectivity index (χ1) is 8.83. The van der Waals surface area contributed by atoms with Gasteiger partial charge < -0.3 is 9.47 Å². The zero-order valence-corrected chi connectivity index (χ0v) is 12.6. The lowest BCUT2D eigenvalue weighted by molar-refractivity contribution is 0.101. The average Bonchev–Trinajstić information content (AvgIpc) is 2.33. The number of carbonyl (C=O) groups is 1. The molecule has 1 rings (SSSR count). The van der Waals surface area contributed by atoms with E-state index in [4.69, 9.17) is 9.47 Å². The van der Waals surface area contributed by atoms with E-state index in [2.05, 4.69) is 20.8 Å². The summed E-state index contributed by atoms with van der Waals surface area (Å²) in [6.07, 6.45) is 2.11. The lowest BCUT2D eigenvalue weighted by Crippen LogP contribution is -2.08. The molecule has 0 atom stereocenters. The van der Waals surface area contributed by atoms with Crippen LogP contribution in [0.4, 0.5) is 0 Å². The van der Waals surface area contributed by atoms with Crippen LogP contribution >= 0.6 is 0 Å². The summed E-state index contributed by atoms with van der Waals surface area (Å²) < 4.78 is 11.0. The van der Waals surface area contributed by atoms with Crippen LogP contribution in [0.2, 0.25) is 0 Å². The molecule has 0 saturated heterocycles.